The Labute approximate surface area is 274 Å². The zero-order valence-corrected chi connectivity index (χ0v) is 27.2. The Balaban J connectivity index is 1.66. The Bertz CT molecular complexity index is 1660. The summed E-state index contributed by atoms with van der Waals surface area (Å²) in [5.74, 6) is 0.696. The molecule has 4 rings (SSSR count). The first-order chi connectivity index (χ1) is 22.4. The summed E-state index contributed by atoms with van der Waals surface area (Å²) in [4.78, 5) is 22.1. The number of pyridine rings is 1. The summed E-state index contributed by atoms with van der Waals surface area (Å²) in [5.41, 5.74) is 3.23. The van der Waals surface area contributed by atoms with Crippen LogP contribution in [0.2, 0.25) is 0 Å². The van der Waals surface area contributed by atoms with Crippen LogP contribution in [0.15, 0.2) is 89.6 Å². The molecule has 0 spiro atoms. The lowest BCUT2D eigenvalue weighted by atomic mass is 9.94. The number of carbonyl (C=O) groups excluding carboxylic acids is 1. The molecule has 47 heavy (non-hydrogen) atoms. The first kappa shape index (κ1) is 34.9. The first-order valence-electron chi connectivity index (χ1n) is 15.5. The Hall–Kier alpha value is -4.93. The van der Waals surface area contributed by atoms with Crippen LogP contribution >= 0.6 is 0 Å². The molecule has 0 saturated carbocycles. The quantitative estimate of drug-likeness (QED) is 0.109. The molecule has 1 saturated heterocycles. The maximum atomic E-state index is 14.5. The second-order valence-corrected chi connectivity index (χ2v) is 11.4. The van der Waals surface area contributed by atoms with Crippen LogP contribution in [-0.4, -0.2) is 49.5 Å². The van der Waals surface area contributed by atoms with Gasteiger partial charge in [0.15, 0.2) is 0 Å². The molecule has 3 N–H and O–H groups in total. The highest BCUT2D eigenvalue weighted by atomic mass is 19.4. The number of nitrogens with zero attached hydrogens (tertiary/aromatic N) is 3. The molecule has 0 aliphatic carbocycles. The summed E-state index contributed by atoms with van der Waals surface area (Å²) >= 11 is 0. The van der Waals surface area contributed by atoms with Gasteiger partial charge in [-0.25, -0.2) is 4.99 Å². The third-order valence-electron chi connectivity index (χ3n) is 8.26. The molecule has 11 heteroatoms. The van der Waals surface area contributed by atoms with E-state index in [0.717, 1.165) is 17.3 Å². The van der Waals surface area contributed by atoms with Crippen molar-refractivity contribution in [2.45, 2.75) is 46.2 Å². The molecule has 8 nitrogen and oxygen atoms in total. The number of aliphatic imine (C=N–C) groups is 1. The third-order valence-corrected chi connectivity index (χ3v) is 8.26. The van der Waals surface area contributed by atoms with Crippen molar-refractivity contribution < 1.29 is 22.7 Å². The number of benzene rings is 2. The van der Waals surface area contributed by atoms with Crippen molar-refractivity contribution in [3.05, 3.63) is 101 Å². The number of amides is 1. The van der Waals surface area contributed by atoms with Crippen LogP contribution in [0.25, 0.3) is 11.1 Å². The van der Waals surface area contributed by atoms with E-state index in [0.29, 0.717) is 72.8 Å². The topological polar surface area (TPSA) is 103 Å². The van der Waals surface area contributed by atoms with E-state index in [1.54, 1.807) is 74.6 Å². The van der Waals surface area contributed by atoms with Gasteiger partial charge in [0.2, 0.25) is 11.8 Å². The van der Waals surface area contributed by atoms with E-state index in [9.17, 15) is 18.0 Å². The normalized spacial score (nSPS) is 14.7. The van der Waals surface area contributed by atoms with Gasteiger partial charge >= 0.3 is 6.18 Å². The van der Waals surface area contributed by atoms with Gasteiger partial charge in [0.05, 0.1) is 11.1 Å². The van der Waals surface area contributed by atoms with Crippen molar-refractivity contribution in [1.29, 1.82) is 5.41 Å². The van der Waals surface area contributed by atoms with E-state index in [2.05, 4.69) is 27.2 Å². The molecule has 1 aliphatic heterocycles. The molecule has 0 atom stereocenters. The molecular formula is C36H41F3N6O2. The van der Waals surface area contributed by atoms with Crippen LogP contribution in [0, 0.1) is 18.3 Å². The number of carbonyl (C=O) groups is 1. The number of piperidine rings is 1. The fourth-order valence-electron chi connectivity index (χ4n) is 5.33. The molecule has 248 valence electrons. The van der Waals surface area contributed by atoms with Crippen LogP contribution < -0.4 is 20.3 Å². The van der Waals surface area contributed by atoms with Gasteiger partial charge in [-0.05, 0) is 85.2 Å². The molecule has 1 aliphatic rings. The summed E-state index contributed by atoms with van der Waals surface area (Å²) < 4.78 is 49.7. The van der Waals surface area contributed by atoms with Gasteiger partial charge < -0.3 is 25.7 Å². The SMILES string of the molecule is C=C(NC)/C(C=N)=C(\N=C(C)c1ccncc1)Oc1cc(-c2ccc(N3CCC(CNC(=O)CC)CC3)c(C(F)(F)F)c2)ccc1C. The minimum Gasteiger partial charge on any atom is -0.438 e. The smallest absolute Gasteiger partial charge is 0.418 e. The number of aromatic nitrogens is 1. The maximum Gasteiger partial charge on any atom is 0.418 e. The number of halogens is 3. The number of nitrogens with one attached hydrogen (secondary N) is 3. The standard InChI is InChI=1S/C36H41F3N6O2/c1-6-34(46)43-22-26-13-17-45(18-14-26)32-10-9-28(19-31(32)36(37,38)39)29-8-7-23(2)33(20-29)47-35(30(21-40)25(4)41-5)44-24(3)27-11-15-42-16-12-27/h7-12,15-16,19-21,26,40-41H,4,6,13-14,17-18,22H2,1-3,5H3,(H,43,46)/b35-30+,40-21?,44-24?. The Morgan fingerprint density at radius 1 is 1.13 bits per heavy atom. The molecule has 1 aromatic heterocycles. The summed E-state index contributed by atoms with van der Waals surface area (Å²) in [6, 6.07) is 13.2. The molecule has 0 bridgehead atoms. The number of anilines is 1. The van der Waals surface area contributed by atoms with Crippen molar-refractivity contribution in [2.75, 3.05) is 31.6 Å². The second-order valence-electron chi connectivity index (χ2n) is 11.4. The number of allylic oxidation sites excluding steroid dienone is 1. The average Bonchev–Trinajstić information content (AvgIpc) is 3.08. The lowest BCUT2D eigenvalue weighted by Gasteiger charge is -2.35. The largest absolute Gasteiger partial charge is 0.438 e. The van der Waals surface area contributed by atoms with Crippen LogP contribution in [0.1, 0.15) is 49.8 Å². The number of hydrogen-bond donors (Lipinski definition) is 3. The van der Waals surface area contributed by atoms with E-state index in [1.807, 2.05) is 6.92 Å². The molecule has 0 radical (unpaired) electrons. The molecule has 3 aromatic rings. The summed E-state index contributed by atoms with van der Waals surface area (Å²) in [6.45, 7) is 10.9. The summed E-state index contributed by atoms with van der Waals surface area (Å²) in [5, 5.41) is 13.9. The number of ether oxygens (including phenoxy) is 1. The van der Waals surface area contributed by atoms with Crippen molar-refractivity contribution in [1.82, 2.24) is 15.6 Å². The zero-order chi connectivity index (χ0) is 34.1. The van der Waals surface area contributed by atoms with Crippen LogP contribution in [0.5, 0.6) is 5.75 Å². The predicted molar refractivity (Wildman–Crippen MR) is 181 cm³/mol. The van der Waals surface area contributed by atoms with Gasteiger partial charge in [-0.1, -0.05) is 31.7 Å². The zero-order valence-electron chi connectivity index (χ0n) is 27.2. The van der Waals surface area contributed by atoms with Gasteiger partial charge in [-0.3, -0.25) is 9.78 Å². The monoisotopic (exact) mass is 646 g/mol. The number of rotatable bonds is 12. The molecule has 0 unspecified atom stereocenters. The number of likely N-dealkylation sites (N-methyl/N-ethyl adjacent to an activating group) is 1. The Morgan fingerprint density at radius 2 is 1.79 bits per heavy atom. The van der Waals surface area contributed by atoms with E-state index in [4.69, 9.17) is 10.1 Å². The van der Waals surface area contributed by atoms with Gasteiger partial charge in [0.1, 0.15) is 5.75 Å². The van der Waals surface area contributed by atoms with Crippen molar-refractivity contribution in [2.24, 2.45) is 10.9 Å². The van der Waals surface area contributed by atoms with E-state index in [1.165, 1.54) is 12.1 Å². The van der Waals surface area contributed by atoms with Crippen LogP contribution in [-0.2, 0) is 11.0 Å². The predicted octanol–water partition coefficient (Wildman–Crippen LogP) is 7.30. The highest BCUT2D eigenvalue weighted by Crippen LogP contribution is 2.41. The van der Waals surface area contributed by atoms with Gasteiger partial charge in [-0.15, -0.1) is 0 Å². The maximum absolute atomic E-state index is 14.5. The lowest BCUT2D eigenvalue weighted by molar-refractivity contribution is -0.137. The highest BCUT2D eigenvalue weighted by Gasteiger charge is 2.36. The van der Waals surface area contributed by atoms with Crippen molar-refractivity contribution in [3.63, 3.8) is 0 Å². The average molecular weight is 647 g/mol. The molecule has 1 amide bonds. The van der Waals surface area contributed by atoms with Crippen LogP contribution in [0.3, 0.4) is 0 Å². The van der Waals surface area contributed by atoms with Gasteiger partial charge in [0.25, 0.3) is 0 Å². The Kier molecular flexibility index (Phi) is 11.6. The van der Waals surface area contributed by atoms with Crippen molar-refractivity contribution >= 4 is 23.5 Å². The number of aryl methyl sites for hydroxylation is 1. The minimum atomic E-state index is -4.57. The molecular weight excluding hydrogens is 605 g/mol. The number of alkyl halides is 3. The van der Waals surface area contributed by atoms with E-state index >= 15 is 0 Å². The van der Waals surface area contributed by atoms with Crippen molar-refractivity contribution in [3.8, 4) is 16.9 Å². The number of hydrogen-bond acceptors (Lipinski definition) is 7. The highest BCUT2D eigenvalue weighted by molar-refractivity contribution is 5.99. The fraction of sp³-hybridized carbons (Fsp3) is 0.333. The third kappa shape index (κ3) is 8.87. The summed E-state index contributed by atoms with van der Waals surface area (Å²) in [6.07, 6.45) is 1.61. The first-order valence-corrected chi connectivity index (χ1v) is 15.5. The lowest BCUT2D eigenvalue weighted by Crippen LogP contribution is -2.39. The second kappa shape index (κ2) is 15.6. The molecule has 2 aromatic carbocycles. The molecule has 1 fully saturated rings. The van der Waals surface area contributed by atoms with Gasteiger partial charge in [0, 0.05) is 68.8 Å². The van der Waals surface area contributed by atoms with E-state index in [-0.39, 0.29) is 23.4 Å². The van der Waals surface area contributed by atoms with Gasteiger partial charge in [-0.2, -0.15) is 13.2 Å². The summed E-state index contributed by atoms with van der Waals surface area (Å²) in [7, 11) is 1.67. The Morgan fingerprint density at radius 3 is 2.40 bits per heavy atom. The molecule has 2 heterocycles. The fourth-order valence-corrected chi connectivity index (χ4v) is 5.33. The van der Waals surface area contributed by atoms with Crippen LogP contribution in [0.4, 0.5) is 18.9 Å². The van der Waals surface area contributed by atoms with E-state index < -0.39 is 11.7 Å². The minimum absolute atomic E-state index is 0.0225.